The van der Waals surface area contributed by atoms with E-state index in [0.29, 0.717) is 5.56 Å². The van der Waals surface area contributed by atoms with Crippen LogP contribution in [0.2, 0.25) is 0 Å². The second-order valence-electron chi connectivity index (χ2n) is 4.33. The minimum Gasteiger partial charge on any atom is -0.370 e. The number of benzene rings is 1. The zero-order valence-electron chi connectivity index (χ0n) is 10.8. The number of aromatic nitrogens is 2. The molecule has 0 fully saturated rings. The SMILES string of the molecule is CC(Nc1c([N+](=O)[O-])ccc(F)c1F)c1cnn(C)c1. The third-order valence-corrected chi connectivity index (χ3v) is 2.86. The smallest absolute Gasteiger partial charge is 0.295 e. The largest absolute Gasteiger partial charge is 0.370 e. The highest BCUT2D eigenvalue weighted by Gasteiger charge is 2.23. The van der Waals surface area contributed by atoms with E-state index in [1.807, 2.05) is 0 Å². The van der Waals surface area contributed by atoms with Crippen LogP contribution in [-0.2, 0) is 7.05 Å². The van der Waals surface area contributed by atoms with Gasteiger partial charge in [-0.3, -0.25) is 14.8 Å². The van der Waals surface area contributed by atoms with Crippen molar-refractivity contribution in [2.24, 2.45) is 7.05 Å². The second kappa shape index (κ2) is 5.24. The highest BCUT2D eigenvalue weighted by Crippen LogP contribution is 2.32. The molecule has 0 aliphatic heterocycles. The van der Waals surface area contributed by atoms with E-state index in [4.69, 9.17) is 0 Å². The van der Waals surface area contributed by atoms with Gasteiger partial charge in [0.2, 0.25) is 0 Å². The molecule has 1 unspecified atom stereocenters. The van der Waals surface area contributed by atoms with E-state index >= 15 is 0 Å². The summed E-state index contributed by atoms with van der Waals surface area (Å²) < 4.78 is 28.5. The molecule has 0 radical (unpaired) electrons. The average Bonchev–Trinajstić information content (AvgIpc) is 2.81. The Labute approximate surface area is 113 Å². The van der Waals surface area contributed by atoms with Gasteiger partial charge in [-0.2, -0.15) is 5.10 Å². The van der Waals surface area contributed by atoms with Gasteiger partial charge in [0.15, 0.2) is 17.3 Å². The highest BCUT2D eigenvalue weighted by molar-refractivity contribution is 5.63. The van der Waals surface area contributed by atoms with Crippen LogP contribution in [0.25, 0.3) is 0 Å². The van der Waals surface area contributed by atoms with Crippen molar-refractivity contribution < 1.29 is 13.7 Å². The lowest BCUT2D eigenvalue weighted by molar-refractivity contribution is -0.384. The minimum atomic E-state index is -1.27. The van der Waals surface area contributed by atoms with E-state index in [-0.39, 0.29) is 0 Å². The van der Waals surface area contributed by atoms with Gasteiger partial charge in [0.25, 0.3) is 5.69 Å². The lowest BCUT2D eigenvalue weighted by Crippen LogP contribution is -2.10. The Kier molecular flexibility index (Phi) is 3.64. The Bertz CT molecular complexity index is 657. The lowest BCUT2D eigenvalue weighted by atomic mass is 10.1. The number of aryl methyl sites for hydroxylation is 1. The van der Waals surface area contributed by atoms with E-state index in [0.717, 1.165) is 12.1 Å². The molecule has 106 valence electrons. The Morgan fingerprint density at radius 1 is 1.45 bits per heavy atom. The molecule has 20 heavy (non-hydrogen) atoms. The maximum atomic E-state index is 13.7. The number of nitro benzene ring substituents is 1. The predicted octanol–water partition coefficient (Wildman–Crippen LogP) is 2.78. The Balaban J connectivity index is 2.37. The second-order valence-corrected chi connectivity index (χ2v) is 4.33. The van der Waals surface area contributed by atoms with Crippen LogP contribution in [-0.4, -0.2) is 14.7 Å². The van der Waals surface area contributed by atoms with Crippen LogP contribution in [0.4, 0.5) is 20.2 Å². The van der Waals surface area contributed by atoms with Gasteiger partial charge in [-0.15, -0.1) is 0 Å². The summed E-state index contributed by atoms with van der Waals surface area (Å²) in [6.45, 7) is 1.67. The maximum absolute atomic E-state index is 13.7. The first-order valence-corrected chi connectivity index (χ1v) is 5.77. The van der Waals surface area contributed by atoms with Gasteiger partial charge in [0, 0.05) is 24.9 Å². The highest BCUT2D eigenvalue weighted by atomic mass is 19.2. The summed E-state index contributed by atoms with van der Waals surface area (Å²) in [5, 5.41) is 17.4. The van der Waals surface area contributed by atoms with Crippen molar-refractivity contribution in [1.29, 1.82) is 0 Å². The first-order chi connectivity index (χ1) is 9.40. The van der Waals surface area contributed by atoms with Crippen molar-refractivity contribution in [3.8, 4) is 0 Å². The zero-order valence-corrected chi connectivity index (χ0v) is 10.8. The number of rotatable bonds is 4. The fourth-order valence-corrected chi connectivity index (χ4v) is 1.79. The summed E-state index contributed by atoms with van der Waals surface area (Å²) in [7, 11) is 1.71. The van der Waals surface area contributed by atoms with Gasteiger partial charge in [-0.05, 0) is 13.0 Å². The van der Waals surface area contributed by atoms with Crippen LogP contribution in [0.5, 0.6) is 0 Å². The summed E-state index contributed by atoms with van der Waals surface area (Å²) in [6, 6.07) is 1.20. The molecule has 0 saturated carbocycles. The minimum absolute atomic E-state index is 0.460. The molecule has 1 atom stereocenters. The molecule has 2 aromatic rings. The molecule has 8 heteroatoms. The van der Waals surface area contributed by atoms with Gasteiger partial charge in [0.05, 0.1) is 17.2 Å². The van der Waals surface area contributed by atoms with Gasteiger partial charge in [-0.25, -0.2) is 8.78 Å². The van der Waals surface area contributed by atoms with E-state index in [1.54, 1.807) is 31.0 Å². The summed E-state index contributed by atoms with van der Waals surface area (Å²) in [5.74, 6) is -2.41. The van der Waals surface area contributed by atoms with Crippen molar-refractivity contribution in [3.63, 3.8) is 0 Å². The van der Waals surface area contributed by atoms with Crippen LogP contribution < -0.4 is 5.32 Å². The Morgan fingerprint density at radius 3 is 2.70 bits per heavy atom. The maximum Gasteiger partial charge on any atom is 0.295 e. The number of anilines is 1. The molecule has 0 saturated heterocycles. The van der Waals surface area contributed by atoms with Gasteiger partial charge < -0.3 is 5.32 Å². The van der Waals surface area contributed by atoms with E-state index in [1.165, 1.54) is 0 Å². The number of halogens is 2. The predicted molar refractivity (Wildman–Crippen MR) is 68.3 cm³/mol. The van der Waals surface area contributed by atoms with Crippen LogP contribution in [0, 0.1) is 21.7 Å². The molecule has 0 amide bonds. The van der Waals surface area contributed by atoms with Crippen molar-refractivity contribution in [3.05, 3.63) is 51.8 Å². The Morgan fingerprint density at radius 2 is 2.15 bits per heavy atom. The van der Waals surface area contributed by atoms with Crippen LogP contribution >= 0.6 is 0 Å². The molecule has 0 aliphatic rings. The van der Waals surface area contributed by atoms with Crippen molar-refractivity contribution in [2.75, 3.05) is 5.32 Å². The third kappa shape index (κ3) is 2.58. The fraction of sp³-hybridized carbons (Fsp3) is 0.250. The number of nitrogens with zero attached hydrogens (tertiary/aromatic N) is 3. The molecule has 6 nitrogen and oxygen atoms in total. The summed E-state index contributed by atoms with van der Waals surface area (Å²) in [4.78, 5) is 10.1. The summed E-state index contributed by atoms with van der Waals surface area (Å²) >= 11 is 0. The first kappa shape index (κ1) is 13.9. The van der Waals surface area contributed by atoms with Crippen LogP contribution in [0.1, 0.15) is 18.5 Å². The average molecular weight is 282 g/mol. The molecule has 1 heterocycles. The van der Waals surface area contributed by atoms with Crippen molar-refractivity contribution >= 4 is 11.4 Å². The molecule has 0 bridgehead atoms. The summed E-state index contributed by atoms with van der Waals surface area (Å²) in [6.07, 6.45) is 3.22. The van der Waals surface area contributed by atoms with Gasteiger partial charge >= 0.3 is 0 Å². The number of hydrogen-bond donors (Lipinski definition) is 1. The van der Waals surface area contributed by atoms with Crippen LogP contribution in [0.3, 0.4) is 0 Å². The number of nitrogens with one attached hydrogen (secondary N) is 1. The quantitative estimate of drug-likeness (QED) is 0.691. The molecule has 1 aromatic heterocycles. The molecular formula is C12H12F2N4O2. The molecule has 0 aliphatic carbocycles. The molecule has 0 spiro atoms. The first-order valence-electron chi connectivity index (χ1n) is 5.77. The van der Waals surface area contributed by atoms with Crippen molar-refractivity contribution in [2.45, 2.75) is 13.0 Å². The van der Waals surface area contributed by atoms with Gasteiger partial charge in [-0.1, -0.05) is 0 Å². The zero-order chi connectivity index (χ0) is 14.9. The standard InChI is InChI=1S/C12H12F2N4O2/c1-7(8-5-15-17(2)6-8)16-12-10(18(19)20)4-3-9(13)11(12)14/h3-7,16H,1-2H3. The number of nitro groups is 1. The number of hydrogen-bond acceptors (Lipinski definition) is 4. The third-order valence-electron chi connectivity index (χ3n) is 2.86. The molecular weight excluding hydrogens is 270 g/mol. The Hall–Kier alpha value is -2.51. The fourth-order valence-electron chi connectivity index (χ4n) is 1.79. The van der Waals surface area contributed by atoms with Crippen LogP contribution in [0.15, 0.2) is 24.5 Å². The van der Waals surface area contributed by atoms with Gasteiger partial charge in [0.1, 0.15) is 0 Å². The molecule has 2 rings (SSSR count). The topological polar surface area (TPSA) is 73.0 Å². The lowest BCUT2D eigenvalue weighted by Gasteiger charge is -2.14. The molecule has 1 aromatic carbocycles. The monoisotopic (exact) mass is 282 g/mol. The normalized spacial score (nSPS) is 12.2. The van der Waals surface area contributed by atoms with E-state index in [9.17, 15) is 18.9 Å². The van der Waals surface area contributed by atoms with Crippen molar-refractivity contribution in [1.82, 2.24) is 9.78 Å². The summed E-state index contributed by atoms with van der Waals surface area (Å²) in [5.41, 5.74) is -0.281. The molecule has 1 N–H and O–H groups in total. The van der Waals surface area contributed by atoms with E-state index < -0.39 is 34.0 Å². The van der Waals surface area contributed by atoms with E-state index in [2.05, 4.69) is 10.4 Å².